The van der Waals surface area contributed by atoms with Crippen LogP contribution in [-0.2, 0) is 11.2 Å². The molecule has 1 aliphatic rings. The number of benzene rings is 2. The predicted octanol–water partition coefficient (Wildman–Crippen LogP) is 3.72. The van der Waals surface area contributed by atoms with E-state index in [9.17, 15) is 9.59 Å². The molecule has 7 heteroatoms. The SMILES string of the molecule is CCc1ccc(-c2nn(-c3ccccc3)cc2C(=O)N2CCC(N(C)CC(=O)O)CC2)cc1. The van der Waals surface area contributed by atoms with E-state index < -0.39 is 5.97 Å². The molecule has 0 unspecified atom stereocenters. The van der Waals surface area contributed by atoms with Crippen LogP contribution in [0.25, 0.3) is 16.9 Å². The van der Waals surface area contributed by atoms with Gasteiger partial charge in [-0.1, -0.05) is 49.4 Å². The van der Waals surface area contributed by atoms with E-state index in [0.717, 1.165) is 30.5 Å². The Hall–Kier alpha value is -3.45. The lowest BCUT2D eigenvalue weighted by atomic mass is 10.0. The Morgan fingerprint density at radius 1 is 1.06 bits per heavy atom. The lowest BCUT2D eigenvalue weighted by Gasteiger charge is -2.36. The first-order valence-corrected chi connectivity index (χ1v) is 11.4. The second-order valence-electron chi connectivity index (χ2n) is 8.55. The van der Waals surface area contributed by atoms with Crippen LogP contribution in [0.3, 0.4) is 0 Å². The normalized spacial score (nSPS) is 14.6. The van der Waals surface area contributed by atoms with Crippen molar-refractivity contribution in [3.8, 4) is 16.9 Å². The van der Waals surface area contributed by atoms with Gasteiger partial charge < -0.3 is 10.0 Å². The minimum atomic E-state index is -0.830. The summed E-state index contributed by atoms with van der Waals surface area (Å²) in [5.41, 5.74) is 4.32. The lowest BCUT2D eigenvalue weighted by Crippen LogP contribution is -2.46. The number of para-hydroxylation sites is 1. The maximum Gasteiger partial charge on any atom is 0.317 e. The van der Waals surface area contributed by atoms with Gasteiger partial charge in [0, 0.05) is 30.9 Å². The molecule has 4 rings (SSSR count). The zero-order valence-corrected chi connectivity index (χ0v) is 19.1. The van der Waals surface area contributed by atoms with E-state index in [1.54, 1.807) is 4.68 Å². The van der Waals surface area contributed by atoms with E-state index in [1.165, 1.54) is 5.56 Å². The van der Waals surface area contributed by atoms with Gasteiger partial charge >= 0.3 is 5.97 Å². The Morgan fingerprint density at radius 2 is 1.73 bits per heavy atom. The third kappa shape index (κ3) is 5.14. The summed E-state index contributed by atoms with van der Waals surface area (Å²) in [6, 6.07) is 18.2. The summed E-state index contributed by atoms with van der Waals surface area (Å²) in [4.78, 5) is 28.3. The number of aryl methyl sites for hydroxylation is 1. The summed E-state index contributed by atoms with van der Waals surface area (Å²) in [5.74, 6) is -0.867. The van der Waals surface area contributed by atoms with Crippen LogP contribution < -0.4 is 0 Å². The molecule has 1 amide bonds. The van der Waals surface area contributed by atoms with Crippen LogP contribution in [0.2, 0.25) is 0 Å². The van der Waals surface area contributed by atoms with Crippen molar-refractivity contribution < 1.29 is 14.7 Å². The summed E-state index contributed by atoms with van der Waals surface area (Å²) in [7, 11) is 1.83. The zero-order valence-electron chi connectivity index (χ0n) is 19.1. The number of carboxylic acids is 1. The molecule has 1 aromatic heterocycles. The highest BCUT2D eigenvalue weighted by Gasteiger charge is 2.29. The first kappa shape index (κ1) is 22.7. The third-order valence-electron chi connectivity index (χ3n) is 6.36. The standard InChI is InChI=1S/C26H30N4O3/c1-3-19-9-11-20(12-10-19)25-23(17-30(27-25)22-7-5-4-6-8-22)26(33)29-15-13-21(14-16-29)28(2)18-24(31)32/h4-12,17,21H,3,13-16,18H2,1-2H3,(H,31,32). The summed E-state index contributed by atoms with van der Waals surface area (Å²) in [5, 5.41) is 13.8. The number of piperidine rings is 1. The Kier molecular flexibility index (Phi) is 6.89. The van der Waals surface area contributed by atoms with Crippen molar-refractivity contribution in [3.05, 3.63) is 71.9 Å². The highest BCUT2D eigenvalue weighted by molar-refractivity contribution is 6.00. The van der Waals surface area contributed by atoms with Crippen LogP contribution in [-0.4, -0.2) is 69.3 Å². The number of carbonyl (C=O) groups excluding carboxylic acids is 1. The molecule has 7 nitrogen and oxygen atoms in total. The van der Waals surface area contributed by atoms with Gasteiger partial charge in [-0.2, -0.15) is 5.10 Å². The molecule has 1 saturated heterocycles. The van der Waals surface area contributed by atoms with E-state index in [-0.39, 0.29) is 18.5 Å². The number of hydrogen-bond acceptors (Lipinski definition) is 4. The fourth-order valence-electron chi connectivity index (χ4n) is 4.38. The monoisotopic (exact) mass is 446 g/mol. The molecule has 0 aliphatic carbocycles. The van der Waals surface area contributed by atoms with Gasteiger partial charge in [-0.05, 0) is 44.0 Å². The maximum absolute atomic E-state index is 13.6. The molecule has 0 saturated carbocycles. The molecule has 1 N–H and O–H groups in total. The first-order valence-electron chi connectivity index (χ1n) is 11.4. The number of likely N-dealkylation sites (N-methyl/N-ethyl adjacent to an activating group) is 1. The molecule has 0 bridgehead atoms. The maximum atomic E-state index is 13.6. The Balaban J connectivity index is 1.60. The average molecular weight is 447 g/mol. The number of amides is 1. The quantitative estimate of drug-likeness (QED) is 0.598. The number of hydrogen-bond donors (Lipinski definition) is 1. The number of carboxylic acid groups (broad SMARTS) is 1. The number of likely N-dealkylation sites (tertiary alicyclic amines) is 1. The number of aromatic nitrogens is 2. The van der Waals surface area contributed by atoms with Gasteiger partial charge in [-0.25, -0.2) is 4.68 Å². The molecule has 172 valence electrons. The van der Waals surface area contributed by atoms with Gasteiger partial charge in [0.05, 0.1) is 17.8 Å². The summed E-state index contributed by atoms with van der Waals surface area (Å²) < 4.78 is 1.77. The largest absolute Gasteiger partial charge is 0.480 e. The van der Waals surface area contributed by atoms with E-state index in [4.69, 9.17) is 10.2 Å². The lowest BCUT2D eigenvalue weighted by molar-refractivity contribution is -0.138. The van der Waals surface area contributed by atoms with E-state index in [2.05, 4.69) is 19.1 Å². The number of carbonyl (C=O) groups is 2. The second-order valence-corrected chi connectivity index (χ2v) is 8.55. The zero-order chi connectivity index (χ0) is 23.4. The van der Waals surface area contributed by atoms with Crippen molar-refractivity contribution in [2.75, 3.05) is 26.7 Å². The van der Waals surface area contributed by atoms with Gasteiger partial charge in [0.2, 0.25) is 0 Å². The van der Waals surface area contributed by atoms with Gasteiger partial charge in [-0.3, -0.25) is 14.5 Å². The smallest absolute Gasteiger partial charge is 0.317 e. The topological polar surface area (TPSA) is 78.7 Å². The molecule has 33 heavy (non-hydrogen) atoms. The molecular weight excluding hydrogens is 416 g/mol. The molecule has 2 aromatic carbocycles. The molecule has 1 fully saturated rings. The Bertz CT molecular complexity index is 1100. The van der Waals surface area contributed by atoms with Gasteiger partial charge in [-0.15, -0.1) is 0 Å². The molecular formula is C26H30N4O3. The van der Waals surface area contributed by atoms with Gasteiger partial charge in [0.15, 0.2) is 0 Å². The van der Waals surface area contributed by atoms with Crippen LogP contribution in [0.4, 0.5) is 0 Å². The van der Waals surface area contributed by atoms with Crippen LogP contribution in [0.1, 0.15) is 35.7 Å². The van der Waals surface area contributed by atoms with Crippen LogP contribution in [0.5, 0.6) is 0 Å². The molecule has 0 radical (unpaired) electrons. The Morgan fingerprint density at radius 3 is 2.33 bits per heavy atom. The fourth-order valence-corrected chi connectivity index (χ4v) is 4.38. The Labute approximate surface area is 194 Å². The van der Waals surface area contributed by atoms with Crippen molar-refractivity contribution >= 4 is 11.9 Å². The molecule has 2 heterocycles. The summed E-state index contributed by atoms with van der Waals surface area (Å²) >= 11 is 0. The van der Waals surface area contributed by atoms with Crippen LogP contribution in [0, 0.1) is 0 Å². The van der Waals surface area contributed by atoms with Crippen molar-refractivity contribution in [2.24, 2.45) is 0 Å². The average Bonchev–Trinajstić information content (AvgIpc) is 3.29. The first-order chi connectivity index (χ1) is 16.0. The van der Waals surface area contributed by atoms with Crippen LogP contribution >= 0.6 is 0 Å². The van der Waals surface area contributed by atoms with E-state index in [1.807, 2.05) is 65.5 Å². The number of rotatable bonds is 7. The minimum Gasteiger partial charge on any atom is -0.480 e. The van der Waals surface area contributed by atoms with Crippen molar-refractivity contribution in [1.29, 1.82) is 0 Å². The van der Waals surface area contributed by atoms with Crippen LogP contribution in [0.15, 0.2) is 60.8 Å². The molecule has 0 atom stereocenters. The second kappa shape index (κ2) is 10.0. The van der Waals surface area contributed by atoms with Crippen molar-refractivity contribution in [1.82, 2.24) is 19.6 Å². The molecule has 3 aromatic rings. The minimum absolute atomic E-state index is 0.0142. The highest BCUT2D eigenvalue weighted by atomic mass is 16.4. The predicted molar refractivity (Wildman–Crippen MR) is 128 cm³/mol. The molecule has 0 spiro atoms. The highest BCUT2D eigenvalue weighted by Crippen LogP contribution is 2.27. The fraction of sp³-hybridized carbons (Fsp3) is 0.346. The van der Waals surface area contributed by atoms with Gasteiger partial charge in [0.1, 0.15) is 5.69 Å². The third-order valence-corrected chi connectivity index (χ3v) is 6.36. The van der Waals surface area contributed by atoms with Crippen molar-refractivity contribution in [3.63, 3.8) is 0 Å². The number of aliphatic carboxylic acids is 1. The summed E-state index contributed by atoms with van der Waals surface area (Å²) in [6.07, 6.45) is 4.28. The summed E-state index contributed by atoms with van der Waals surface area (Å²) in [6.45, 7) is 3.32. The van der Waals surface area contributed by atoms with Crippen molar-refractivity contribution in [2.45, 2.75) is 32.2 Å². The van der Waals surface area contributed by atoms with E-state index in [0.29, 0.717) is 24.3 Å². The van der Waals surface area contributed by atoms with Gasteiger partial charge in [0.25, 0.3) is 5.91 Å². The molecule has 1 aliphatic heterocycles. The van der Waals surface area contributed by atoms with E-state index >= 15 is 0 Å². The number of nitrogens with zero attached hydrogens (tertiary/aromatic N) is 4.